The average molecular weight is 411 g/mol. The molecule has 4 nitrogen and oxygen atoms in total. The van der Waals surface area contributed by atoms with Gasteiger partial charge in [-0.2, -0.15) is 0 Å². The summed E-state index contributed by atoms with van der Waals surface area (Å²) in [6.45, 7) is 9.39. The highest BCUT2D eigenvalue weighted by molar-refractivity contribution is 5.81. The molecule has 0 saturated carbocycles. The fraction of sp³-hybridized carbons (Fsp3) is 0.400. The summed E-state index contributed by atoms with van der Waals surface area (Å²) >= 11 is 0. The molecule has 0 bridgehead atoms. The number of nitrogens with one attached hydrogen (secondary N) is 1. The number of rotatable bonds is 4. The zero-order valence-corrected chi connectivity index (χ0v) is 18.4. The lowest BCUT2D eigenvalue weighted by Gasteiger charge is -2.25. The lowest BCUT2D eigenvalue weighted by atomic mass is 9.81. The van der Waals surface area contributed by atoms with E-state index < -0.39 is 6.10 Å². The van der Waals surface area contributed by atoms with Crippen molar-refractivity contribution in [3.63, 3.8) is 0 Å². The van der Waals surface area contributed by atoms with Crippen LogP contribution in [-0.2, 0) is 12.8 Å². The van der Waals surface area contributed by atoms with Crippen LogP contribution in [0.1, 0.15) is 73.2 Å². The van der Waals surface area contributed by atoms with E-state index >= 15 is 0 Å². The van der Waals surface area contributed by atoms with Crippen molar-refractivity contribution in [2.75, 3.05) is 5.73 Å². The minimum atomic E-state index is -0.819. The maximum Gasteiger partial charge on any atom is 0.251 e. The molecule has 0 fully saturated rings. The molecule has 0 spiro atoms. The van der Waals surface area contributed by atoms with Crippen molar-refractivity contribution in [3.8, 4) is 0 Å². The Labute approximate surface area is 177 Å². The number of aromatic amines is 1. The number of nitrogen functional groups attached to an aromatic ring is 1. The molecule has 5 heteroatoms. The molecule has 30 heavy (non-hydrogen) atoms. The number of benzene rings is 1. The summed E-state index contributed by atoms with van der Waals surface area (Å²) in [6, 6.07) is 3.28. The Bertz CT molecular complexity index is 1110. The normalized spacial score (nSPS) is 16.1. The zero-order chi connectivity index (χ0) is 22.2. The monoisotopic (exact) mass is 410 g/mol. The molecule has 1 heterocycles. The van der Waals surface area contributed by atoms with E-state index in [1.807, 2.05) is 26.8 Å². The molecule has 1 aliphatic rings. The summed E-state index contributed by atoms with van der Waals surface area (Å²) < 4.78 is 14.2. The van der Waals surface area contributed by atoms with Crippen molar-refractivity contribution >= 4 is 11.3 Å². The molecular weight excluding hydrogens is 379 g/mol. The second kappa shape index (κ2) is 8.60. The largest absolute Gasteiger partial charge is 0.398 e. The molecule has 0 unspecified atom stereocenters. The predicted molar refractivity (Wildman–Crippen MR) is 121 cm³/mol. The number of aliphatic hydroxyl groups is 1. The molecule has 1 aromatic carbocycles. The number of hydrogen-bond acceptors (Lipinski definition) is 3. The third-order valence-corrected chi connectivity index (χ3v) is 6.00. The molecule has 1 aliphatic carbocycles. The van der Waals surface area contributed by atoms with Crippen LogP contribution in [0.2, 0.25) is 0 Å². The number of allylic oxidation sites excluding steroid dienone is 3. The van der Waals surface area contributed by atoms with Crippen LogP contribution in [0.25, 0.3) is 5.57 Å². The van der Waals surface area contributed by atoms with Gasteiger partial charge in [-0.25, -0.2) is 4.39 Å². The number of aromatic nitrogens is 1. The van der Waals surface area contributed by atoms with Crippen LogP contribution in [0.5, 0.6) is 0 Å². The number of anilines is 1. The molecule has 2 aromatic rings. The highest BCUT2D eigenvalue weighted by Crippen LogP contribution is 2.39. The van der Waals surface area contributed by atoms with Gasteiger partial charge in [-0.3, -0.25) is 4.79 Å². The van der Waals surface area contributed by atoms with Crippen LogP contribution in [0, 0.1) is 19.7 Å². The predicted octanol–water partition coefficient (Wildman–Crippen LogP) is 5.07. The first-order chi connectivity index (χ1) is 14.1. The molecular formula is C25H31FN2O2. The molecule has 3 rings (SSSR count). The van der Waals surface area contributed by atoms with Gasteiger partial charge in [-0.05, 0) is 88.3 Å². The van der Waals surface area contributed by atoms with E-state index in [0.29, 0.717) is 28.8 Å². The fourth-order valence-corrected chi connectivity index (χ4v) is 4.39. The molecule has 4 N–H and O–H groups in total. The first-order valence-electron chi connectivity index (χ1n) is 10.4. The lowest BCUT2D eigenvalue weighted by Crippen LogP contribution is -2.17. The van der Waals surface area contributed by atoms with Gasteiger partial charge < -0.3 is 15.8 Å². The second-order valence-corrected chi connectivity index (χ2v) is 8.61. The molecule has 1 atom stereocenters. The third kappa shape index (κ3) is 4.26. The number of aliphatic hydroxyl groups excluding tert-OH is 1. The standard InChI is InChI=1S/C25H31FN2O2/c1-13(2)9-23(29)20-11-17(28-25(30)16(20)5)10-14(3)18-7-6-8-19-15(4)21(26)12-22(27)24(18)19/h9,11-12,23,29H,6-8,10,27H2,1-5H3,(H,28,30)/b18-14-/t23-/m1/s1. The second-order valence-electron chi connectivity index (χ2n) is 8.61. The highest BCUT2D eigenvalue weighted by atomic mass is 19.1. The Morgan fingerprint density at radius 3 is 2.60 bits per heavy atom. The Hall–Kier alpha value is -2.66. The van der Waals surface area contributed by atoms with E-state index in [-0.39, 0.29) is 11.4 Å². The van der Waals surface area contributed by atoms with Crippen LogP contribution in [0.3, 0.4) is 0 Å². The lowest BCUT2D eigenvalue weighted by molar-refractivity contribution is 0.226. The molecule has 0 saturated heterocycles. The van der Waals surface area contributed by atoms with E-state index in [9.17, 15) is 14.3 Å². The van der Waals surface area contributed by atoms with E-state index in [1.165, 1.54) is 6.07 Å². The minimum absolute atomic E-state index is 0.192. The Balaban J connectivity index is 2.06. The first-order valence-corrected chi connectivity index (χ1v) is 10.4. The number of pyridine rings is 1. The summed E-state index contributed by atoms with van der Waals surface area (Å²) in [5.41, 5.74) is 14.2. The van der Waals surface area contributed by atoms with Crippen LogP contribution in [0.15, 0.2) is 34.1 Å². The SMILES string of the molecule is CC(C)=C[C@@H](O)c1cc(C/C(C)=C2/CCCc3c(C)c(F)cc(N)c32)[nH]c(=O)c1C. The third-order valence-electron chi connectivity index (χ3n) is 6.00. The summed E-state index contributed by atoms with van der Waals surface area (Å²) in [6.07, 6.45) is 4.09. The number of H-pyrrole nitrogens is 1. The number of hydrogen-bond donors (Lipinski definition) is 3. The molecule has 1 aromatic heterocycles. The zero-order valence-electron chi connectivity index (χ0n) is 18.4. The Morgan fingerprint density at radius 2 is 1.93 bits per heavy atom. The van der Waals surface area contributed by atoms with Gasteiger partial charge in [-0.15, -0.1) is 0 Å². The van der Waals surface area contributed by atoms with Gasteiger partial charge in [0.2, 0.25) is 0 Å². The van der Waals surface area contributed by atoms with Gasteiger partial charge in [-0.1, -0.05) is 17.2 Å². The Kier molecular flexibility index (Phi) is 6.32. The summed E-state index contributed by atoms with van der Waals surface area (Å²) in [4.78, 5) is 15.4. The van der Waals surface area contributed by atoms with Crippen LogP contribution in [0.4, 0.5) is 10.1 Å². The number of halogens is 1. The van der Waals surface area contributed by atoms with Crippen molar-refractivity contribution in [3.05, 3.63) is 79.0 Å². The van der Waals surface area contributed by atoms with Crippen molar-refractivity contribution in [2.45, 2.75) is 66.4 Å². The summed E-state index contributed by atoms with van der Waals surface area (Å²) in [5.74, 6) is -0.258. The summed E-state index contributed by atoms with van der Waals surface area (Å²) in [7, 11) is 0. The average Bonchev–Trinajstić information content (AvgIpc) is 2.67. The van der Waals surface area contributed by atoms with Gasteiger partial charge in [0.05, 0.1) is 6.10 Å². The molecule has 0 amide bonds. The van der Waals surface area contributed by atoms with E-state index in [4.69, 9.17) is 5.73 Å². The Morgan fingerprint density at radius 1 is 1.23 bits per heavy atom. The summed E-state index contributed by atoms with van der Waals surface area (Å²) in [5, 5.41) is 10.5. The van der Waals surface area contributed by atoms with E-state index in [0.717, 1.165) is 52.8 Å². The van der Waals surface area contributed by atoms with Gasteiger partial charge in [0.1, 0.15) is 5.82 Å². The fourth-order valence-electron chi connectivity index (χ4n) is 4.39. The maximum absolute atomic E-state index is 14.2. The van der Waals surface area contributed by atoms with Gasteiger partial charge in [0.25, 0.3) is 5.56 Å². The van der Waals surface area contributed by atoms with Crippen LogP contribution < -0.4 is 11.3 Å². The molecule has 0 aliphatic heterocycles. The molecule has 0 radical (unpaired) electrons. The van der Waals surface area contributed by atoms with Crippen LogP contribution in [-0.4, -0.2) is 10.1 Å². The van der Waals surface area contributed by atoms with Crippen molar-refractivity contribution < 1.29 is 9.50 Å². The highest BCUT2D eigenvalue weighted by Gasteiger charge is 2.23. The first kappa shape index (κ1) is 22.0. The van der Waals surface area contributed by atoms with Crippen molar-refractivity contribution in [2.24, 2.45) is 0 Å². The van der Waals surface area contributed by atoms with Gasteiger partial charge in [0, 0.05) is 28.9 Å². The van der Waals surface area contributed by atoms with Gasteiger partial charge in [0.15, 0.2) is 0 Å². The topological polar surface area (TPSA) is 79.1 Å². The van der Waals surface area contributed by atoms with Gasteiger partial charge >= 0.3 is 0 Å². The minimum Gasteiger partial charge on any atom is -0.398 e. The number of fused-ring (bicyclic) bond motifs is 1. The van der Waals surface area contributed by atoms with Crippen LogP contribution >= 0.6 is 0 Å². The maximum atomic E-state index is 14.2. The quantitative estimate of drug-likeness (QED) is 0.487. The number of nitrogens with two attached hydrogens (primary N) is 1. The van der Waals surface area contributed by atoms with Crippen molar-refractivity contribution in [1.29, 1.82) is 0 Å². The van der Waals surface area contributed by atoms with E-state index in [1.54, 1.807) is 19.9 Å². The smallest absolute Gasteiger partial charge is 0.251 e. The van der Waals surface area contributed by atoms with E-state index in [2.05, 4.69) is 4.98 Å². The van der Waals surface area contributed by atoms with Crippen molar-refractivity contribution in [1.82, 2.24) is 4.98 Å². The molecule has 160 valence electrons.